The topological polar surface area (TPSA) is 97.6 Å². The van der Waals surface area contributed by atoms with Crippen LogP contribution >= 0.6 is 0 Å². The van der Waals surface area contributed by atoms with E-state index in [9.17, 15) is 14.4 Å². The van der Waals surface area contributed by atoms with Crippen molar-refractivity contribution in [3.8, 4) is 0 Å². The van der Waals surface area contributed by atoms with Crippen LogP contribution < -0.4 is 10.6 Å². The quantitative estimate of drug-likeness (QED) is 0.742. The number of ether oxygens (including phenoxy) is 1. The van der Waals surface area contributed by atoms with Gasteiger partial charge in [0.1, 0.15) is 6.04 Å². The van der Waals surface area contributed by atoms with Gasteiger partial charge in [-0.05, 0) is 30.2 Å². The van der Waals surface area contributed by atoms with E-state index in [4.69, 9.17) is 9.15 Å². The van der Waals surface area contributed by atoms with E-state index in [1.165, 1.54) is 19.4 Å². The molecule has 0 bridgehead atoms. The van der Waals surface area contributed by atoms with Gasteiger partial charge in [0.05, 0.1) is 24.6 Å². The first-order chi connectivity index (χ1) is 12.5. The van der Waals surface area contributed by atoms with Crippen LogP contribution in [0.2, 0.25) is 0 Å². The van der Waals surface area contributed by atoms with Crippen molar-refractivity contribution in [1.29, 1.82) is 0 Å². The van der Waals surface area contributed by atoms with Gasteiger partial charge in [0, 0.05) is 0 Å². The predicted octanol–water partition coefficient (Wildman–Crippen LogP) is 2.85. The monoisotopic (exact) mass is 358 g/mol. The highest BCUT2D eigenvalue weighted by Crippen LogP contribution is 2.18. The normalized spacial score (nSPS) is 12.7. The lowest BCUT2D eigenvalue weighted by Crippen LogP contribution is -2.45. The summed E-state index contributed by atoms with van der Waals surface area (Å²) in [7, 11) is 1.28. The number of carbonyl (C=O) groups is 3. The third-order valence-electron chi connectivity index (χ3n) is 4.12. The minimum atomic E-state index is -0.772. The fraction of sp³-hybridized carbons (Fsp3) is 0.316. The van der Waals surface area contributed by atoms with Crippen LogP contribution in [0.4, 0.5) is 5.69 Å². The molecule has 1 aromatic heterocycles. The van der Waals surface area contributed by atoms with Crippen LogP contribution in [0, 0.1) is 5.92 Å². The van der Waals surface area contributed by atoms with Crippen molar-refractivity contribution in [2.24, 2.45) is 5.92 Å². The van der Waals surface area contributed by atoms with Crippen molar-refractivity contribution < 1.29 is 23.5 Å². The largest absolute Gasteiger partial charge is 0.467 e. The molecule has 0 aliphatic heterocycles. The molecule has 0 aliphatic carbocycles. The first-order valence-electron chi connectivity index (χ1n) is 8.30. The molecule has 7 nitrogen and oxygen atoms in total. The van der Waals surface area contributed by atoms with E-state index in [1.54, 1.807) is 30.3 Å². The van der Waals surface area contributed by atoms with E-state index >= 15 is 0 Å². The van der Waals surface area contributed by atoms with Gasteiger partial charge in [-0.25, -0.2) is 4.79 Å². The Morgan fingerprint density at radius 3 is 2.46 bits per heavy atom. The van der Waals surface area contributed by atoms with Crippen LogP contribution in [0.15, 0.2) is 47.1 Å². The molecular weight excluding hydrogens is 336 g/mol. The van der Waals surface area contributed by atoms with E-state index in [0.29, 0.717) is 12.1 Å². The van der Waals surface area contributed by atoms with E-state index in [0.717, 1.165) is 0 Å². The Morgan fingerprint density at radius 2 is 1.85 bits per heavy atom. The maximum Gasteiger partial charge on any atom is 0.328 e. The Balaban J connectivity index is 2.20. The Morgan fingerprint density at radius 1 is 1.12 bits per heavy atom. The summed E-state index contributed by atoms with van der Waals surface area (Å²) in [5, 5.41) is 5.34. The summed E-state index contributed by atoms with van der Waals surface area (Å²) < 4.78 is 9.83. The van der Waals surface area contributed by atoms with Crippen LogP contribution in [0.25, 0.3) is 0 Å². The maximum absolute atomic E-state index is 12.7. The summed E-state index contributed by atoms with van der Waals surface area (Å²) in [4.78, 5) is 36.8. The molecule has 1 aromatic carbocycles. The van der Waals surface area contributed by atoms with Gasteiger partial charge in [-0.3, -0.25) is 9.59 Å². The van der Waals surface area contributed by atoms with Crippen LogP contribution in [0.5, 0.6) is 0 Å². The number of methoxy groups -OCH3 is 1. The highest BCUT2D eigenvalue weighted by atomic mass is 16.5. The Kier molecular flexibility index (Phi) is 6.54. The predicted molar refractivity (Wildman–Crippen MR) is 95.8 cm³/mol. The fourth-order valence-corrected chi connectivity index (χ4v) is 2.40. The maximum atomic E-state index is 12.7. The third kappa shape index (κ3) is 4.50. The van der Waals surface area contributed by atoms with Crippen LogP contribution in [-0.2, 0) is 9.53 Å². The van der Waals surface area contributed by atoms with Gasteiger partial charge >= 0.3 is 5.97 Å². The van der Waals surface area contributed by atoms with Crippen molar-refractivity contribution in [1.82, 2.24) is 5.32 Å². The molecule has 0 saturated carbocycles. The molecule has 2 aromatic rings. The zero-order valence-corrected chi connectivity index (χ0v) is 14.9. The molecule has 138 valence electrons. The zero-order valence-electron chi connectivity index (χ0n) is 14.9. The molecule has 26 heavy (non-hydrogen) atoms. The average Bonchev–Trinajstić information content (AvgIpc) is 3.20. The third-order valence-corrected chi connectivity index (χ3v) is 4.12. The van der Waals surface area contributed by atoms with Gasteiger partial charge in [-0.15, -0.1) is 0 Å². The van der Waals surface area contributed by atoms with Gasteiger partial charge in [-0.1, -0.05) is 32.4 Å². The van der Waals surface area contributed by atoms with Crippen LogP contribution in [-0.4, -0.2) is 30.9 Å². The number of hydrogen-bond acceptors (Lipinski definition) is 5. The lowest BCUT2D eigenvalue weighted by Gasteiger charge is -2.22. The minimum absolute atomic E-state index is 0.101. The highest BCUT2D eigenvalue weighted by Gasteiger charge is 2.28. The smallest absolute Gasteiger partial charge is 0.328 e. The molecule has 0 unspecified atom stereocenters. The van der Waals surface area contributed by atoms with Gasteiger partial charge in [0.15, 0.2) is 5.76 Å². The average molecular weight is 358 g/mol. The molecule has 2 rings (SSSR count). The van der Waals surface area contributed by atoms with Gasteiger partial charge < -0.3 is 19.8 Å². The lowest BCUT2D eigenvalue weighted by molar-refractivity contribution is -0.144. The van der Waals surface area contributed by atoms with Crippen molar-refractivity contribution >= 4 is 23.5 Å². The molecule has 7 heteroatoms. The second-order valence-electron chi connectivity index (χ2n) is 5.84. The summed E-state index contributed by atoms with van der Waals surface area (Å²) in [6.45, 7) is 3.77. The number of hydrogen-bond donors (Lipinski definition) is 2. The van der Waals surface area contributed by atoms with Crippen molar-refractivity contribution in [2.45, 2.75) is 26.3 Å². The standard InChI is InChI=1S/C19H22N2O5/c1-4-12(2)16(19(24)25-3)21-17(22)13-8-5-6-9-14(13)20-18(23)15-10-7-11-26-15/h5-12,16H,4H2,1-3H3,(H,20,23)(H,21,22)/t12-,16-/m1/s1. The van der Waals surface area contributed by atoms with Gasteiger partial charge in [-0.2, -0.15) is 0 Å². The molecule has 2 atom stereocenters. The van der Waals surface area contributed by atoms with Crippen molar-refractivity contribution in [3.05, 3.63) is 54.0 Å². The summed E-state index contributed by atoms with van der Waals surface area (Å²) in [5.41, 5.74) is 0.559. The number of furan rings is 1. The van der Waals surface area contributed by atoms with Gasteiger partial charge in [0.2, 0.25) is 0 Å². The first kappa shape index (κ1) is 19.2. The van der Waals surface area contributed by atoms with Crippen LogP contribution in [0.3, 0.4) is 0 Å². The molecule has 0 aliphatic rings. The van der Waals surface area contributed by atoms with E-state index < -0.39 is 23.8 Å². The number of anilines is 1. The number of nitrogens with one attached hydrogen (secondary N) is 2. The number of benzene rings is 1. The Hall–Kier alpha value is -3.09. The number of esters is 1. The minimum Gasteiger partial charge on any atom is -0.467 e. The SMILES string of the molecule is CC[C@@H](C)[C@@H](NC(=O)c1ccccc1NC(=O)c1ccco1)C(=O)OC. The van der Waals surface area contributed by atoms with E-state index in [-0.39, 0.29) is 17.2 Å². The second kappa shape index (κ2) is 8.84. The highest BCUT2D eigenvalue weighted by molar-refractivity contribution is 6.08. The van der Waals surface area contributed by atoms with E-state index in [2.05, 4.69) is 10.6 Å². The zero-order chi connectivity index (χ0) is 19.1. The molecule has 0 spiro atoms. The number of rotatable bonds is 7. The Labute approximate surface area is 151 Å². The summed E-state index contributed by atoms with van der Waals surface area (Å²) in [6.07, 6.45) is 2.08. The fourth-order valence-electron chi connectivity index (χ4n) is 2.40. The van der Waals surface area contributed by atoms with Crippen molar-refractivity contribution in [3.63, 3.8) is 0 Å². The molecule has 2 N–H and O–H groups in total. The molecule has 0 saturated heterocycles. The van der Waals surface area contributed by atoms with Crippen LogP contribution in [0.1, 0.15) is 41.2 Å². The molecular formula is C19H22N2O5. The molecule has 0 fully saturated rings. The number of para-hydroxylation sites is 1. The first-order valence-corrected chi connectivity index (χ1v) is 8.30. The molecule has 2 amide bonds. The summed E-state index contributed by atoms with van der Waals surface area (Å²) in [6, 6.07) is 8.89. The van der Waals surface area contributed by atoms with Crippen molar-refractivity contribution in [2.75, 3.05) is 12.4 Å². The summed E-state index contributed by atoms with van der Waals surface area (Å²) >= 11 is 0. The van der Waals surface area contributed by atoms with Gasteiger partial charge in [0.25, 0.3) is 11.8 Å². The lowest BCUT2D eigenvalue weighted by atomic mass is 9.98. The number of amides is 2. The molecule has 1 heterocycles. The summed E-state index contributed by atoms with van der Waals surface area (Å²) in [5.74, 6) is -1.42. The number of carbonyl (C=O) groups excluding carboxylic acids is 3. The molecule has 0 radical (unpaired) electrons. The van der Waals surface area contributed by atoms with E-state index in [1.807, 2.05) is 13.8 Å². The Bertz CT molecular complexity index is 770. The second-order valence-corrected chi connectivity index (χ2v) is 5.84.